The number of fused-ring (bicyclic) bond motifs is 1. The molecule has 0 spiro atoms. The van der Waals surface area contributed by atoms with Crippen LogP contribution in [0.2, 0.25) is 5.15 Å². The third-order valence-electron chi connectivity index (χ3n) is 4.35. The molecular formula is C15H20ClN3OS. The van der Waals surface area contributed by atoms with Crippen LogP contribution in [0, 0.1) is 13.8 Å². The van der Waals surface area contributed by atoms with Gasteiger partial charge in [-0.2, -0.15) is 0 Å². The highest BCUT2D eigenvalue weighted by atomic mass is 35.5. The Labute approximate surface area is 133 Å². The fraction of sp³-hybridized carbons (Fsp3) is 0.600. The standard InChI is InChI=1S/C15H20ClN3OS/c1-9-10(2)21-15-13(9)14(16)17-12(18-15)8-19(6-7-20)11-4-3-5-11/h11,20H,3-8H2,1-2H3. The van der Waals surface area contributed by atoms with Crippen LogP contribution in [0.4, 0.5) is 0 Å². The Morgan fingerprint density at radius 1 is 1.33 bits per heavy atom. The van der Waals surface area contributed by atoms with Gasteiger partial charge in [0.05, 0.1) is 18.5 Å². The van der Waals surface area contributed by atoms with Crippen molar-refractivity contribution in [3.05, 3.63) is 21.4 Å². The highest BCUT2D eigenvalue weighted by Gasteiger charge is 2.25. The lowest BCUT2D eigenvalue weighted by molar-refractivity contribution is 0.0921. The van der Waals surface area contributed by atoms with Gasteiger partial charge in [0.15, 0.2) is 0 Å². The highest BCUT2D eigenvalue weighted by Crippen LogP contribution is 2.33. The van der Waals surface area contributed by atoms with Crippen molar-refractivity contribution in [1.29, 1.82) is 0 Å². The first-order chi connectivity index (χ1) is 10.1. The molecule has 1 aliphatic carbocycles. The van der Waals surface area contributed by atoms with E-state index >= 15 is 0 Å². The molecule has 0 aromatic carbocycles. The zero-order valence-electron chi connectivity index (χ0n) is 12.4. The van der Waals surface area contributed by atoms with Gasteiger partial charge in [-0.05, 0) is 32.3 Å². The van der Waals surface area contributed by atoms with E-state index in [-0.39, 0.29) is 6.61 Å². The molecule has 3 rings (SSSR count). The minimum absolute atomic E-state index is 0.170. The number of rotatable bonds is 5. The van der Waals surface area contributed by atoms with E-state index in [0.29, 0.717) is 24.3 Å². The quantitative estimate of drug-likeness (QED) is 0.857. The fourth-order valence-corrected chi connectivity index (χ4v) is 4.20. The second kappa shape index (κ2) is 6.16. The molecular weight excluding hydrogens is 306 g/mol. The van der Waals surface area contributed by atoms with E-state index in [9.17, 15) is 5.11 Å². The zero-order valence-corrected chi connectivity index (χ0v) is 14.0. The Morgan fingerprint density at radius 2 is 2.10 bits per heavy atom. The molecule has 2 aromatic rings. The Kier molecular flexibility index (Phi) is 4.45. The van der Waals surface area contributed by atoms with Gasteiger partial charge in [0, 0.05) is 17.5 Å². The van der Waals surface area contributed by atoms with Crippen molar-refractivity contribution in [1.82, 2.24) is 14.9 Å². The molecule has 0 radical (unpaired) electrons. The lowest BCUT2D eigenvalue weighted by atomic mass is 9.91. The molecule has 0 unspecified atom stereocenters. The van der Waals surface area contributed by atoms with Gasteiger partial charge in [-0.3, -0.25) is 4.90 Å². The average molecular weight is 326 g/mol. The Bertz CT molecular complexity index is 654. The number of aromatic nitrogens is 2. The Balaban J connectivity index is 1.89. The highest BCUT2D eigenvalue weighted by molar-refractivity contribution is 7.18. The third-order valence-corrected chi connectivity index (χ3v) is 5.73. The number of hydrogen-bond acceptors (Lipinski definition) is 5. The monoisotopic (exact) mass is 325 g/mol. The minimum Gasteiger partial charge on any atom is -0.395 e. The van der Waals surface area contributed by atoms with Crippen molar-refractivity contribution >= 4 is 33.2 Å². The summed E-state index contributed by atoms with van der Waals surface area (Å²) in [7, 11) is 0. The normalized spacial score (nSPS) is 15.9. The van der Waals surface area contributed by atoms with E-state index < -0.39 is 0 Å². The van der Waals surface area contributed by atoms with E-state index in [1.165, 1.54) is 29.7 Å². The number of thiophene rings is 1. The van der Waals surface area contributed by atoms with Crippen LogP contribution in [0.25, 0.3) is 10.2 Å². The largest absolute Gasteiger partial charge is 0.395 e. The smallest absolute Gasteiger partial charge is 0.145 e. The van der Waals surface area contributed by atoms with Crippen molar-refractivity contribution in [2.45, 2.75) is 45.7 Å². The maximum atomic E-state index is 9.24. The average Bonchev–Trinajstić information content (AvgIpc) is 2.63. The van der Waals surface area contributed by atoms with E-state index in [2.05, 4.69) is 28.7 Å². The van der Waals surface area contributed by atoms with Crippen LogP contribution in [0.15, 0.2) is 0 Å². The van der Waals surface area contributed by atoms with Gasteiger partial charge in [-0.15, -0.1) is 11.3 Å². The van der Waals surface area contributed by atoms with Crippen LogP contribution in [0.1, 0.15) is 35.5 Å². The van der Waals surface area contributed by atoms with E-state index in [1.54, 1.807) is 11.3 Å². The van der Waals surface area contributed by atoms with Crippen LogP contribution in [0.5, 0.6) is 0 Å². The van der Waals surface area contributed by atoms with E-state index in [1.807, 2.05) is 0 Å². The summed E-state index contributed by atoms with van der Waals surface area (Å²) in [5, 5.41) is 10.8. The second-order valence-corrected chi connectivity index (χ2v) is 7.23. The molecule has 0 saturated heterocycles. The van der Waals surface area contributed by atoms with Gasteiger partial charge in [0.1, 0.15) is 15.8 Å². The molecule has 21 heavy (non-hydrogen) atoms. The molecule has 114 valence electrons. The van der Waals surface area contributed by atoms with Gasteiger partial charge in [0.25, 0.3) is 0 Å². The summed E-state index contributed by atoms with van der Waals surface area (Å²) in [5.74, 6) is 0.758. The van der Waals surface area contributed by atoms with E-state index in [4.69, 9.17) is 11.6 Å². The zero-order chi connectivity index (χ0) is 15.0. The molecule has 0 bridgehead atoms. The van der Waals surface area contributed by atoms with Crippen LogP contribution in [0.3, 0.4) is 0 Å². The van der Waals surface area contributed by atoms with Gasteiger partial charge < -0.3 is 5.11 Å². The van der Waals surface area contributed by atoms with Crippen molar-refractivity contribution in [2.75, 3.05) is 13.2 Å². The predicted octanol–water partition coefficient (Wildman–Crippen LogP) is 3.31. The minimum atomic E-state index is 0.170. The molecule has 1 N–H and O–H groups in total. The molecule has 1 saturated carbocycles. The summed E-state index contributed by atoms with van der Waals surface area (Å²) < 4.78 is 0. The molecule has 6 heteroatoms. The van der Waals surface area contributed by atoms with Crippen molar-refractivity contribution in [3.8, 4) is 0 Å². The molecule has 2 aromatic heterocycles. The third kappa shape index (κ3) is 2.93. The van der Waals surface area contributed by atoms with Crippen LogP contribution < -0.4 is 0 Å². The summed E-state index contributed by atoms with van der Waals surface area (Å²) in [5.41, 5.74) is 1.18. The molecule has 0 aliphatic heterocycles. The first-order valence-corrected chi connectivity index (χ1v) is 8.56. The van der Waals surface area contributed by atoms with Crippen LogP contribution >= 0.6 is 22.9 Å². The number of aliphatic hydroxyl groups excluding tert-OH is 1. The fourth-order valence-electron chi connectivity index (χ4n) is 2.77. The number of aliphatic hydroxyl groups is 1. The van der Waals surface area contributed by atoms with Crippen molar-refractivity contribution in [2.24, 2.45) is 0 Å². The van der Waals surface area contributed by atoms with Crippen molar-refractivity contribution < 1.29 is 5.11 Å². The summed E-state index contributed by atoms with van der Waals surface area (Å²) >= 11 is 8.03. The Hall–Kier alpha value is -0.750. The molecule has 1 aliphatic rings. The molecule has 0 atom stereocenters. The maximum absolute atomic E-state index is 9.24. The van der Waals surface area contributed by atoms with Crippen LogP contribution in [-0.2, 0) is 6.54 Å². The second-order valence-electron chi connectivity index (χ2n) is 5.67. The summed E-state index contributed by atoms with van der Waals surface area (Å²) in [6.45, 7) is 5.66. The topological polar surface area (TPSA) is 49.2 Å². The number of nitrogens with zero attached hydrogens (tertiary/aromatic N) is 3. The number of halogens is 1. The SMILES string of the molecule is Cc1sc2nc(CN(CCO)C3CCC3)nc(Cl)c2c1C. The summed E-state index contributed by atoms with van der Waals surface area (Å²) in [6, 6.07) is 0.557. The lowest BCUT2D eigenvalue weighted by Crippen LogP contribution is -2.41. The van der Waals surface area contributed by atoms with E-state index in [0.717, 1.165) is 16.0 Å². The van der Waals surface area contributed by atoms with Gasteiger partial charge in [-0.25, -0.2) is 9.97 Å². The first kappa shape index (κ1) is 15.2. The molecule has 1 fully saturated rings. The number of aryl methyl sites for hydroxylation is 2. The maximum Gasteiger partial charge on any atom is 0.145 e. The summed E-state index contributed by atoms with van der Waals surface area (Å²) in [6.07, 6.45) is 3.68. The lowest BCUT2D eigenvalue weighted by Gasteiger charge is -2.36. The molecule has 0 amide bonds. The molecule has 2 heterocycles. The first-order valence-electron chi connectivity index (χ1n) is 7.37. The predicted molar refractivity (Wildman–Crippen MR) is 87.0 cm³/mol. The van der Waals surface area contributed by atoms with Gasteiger partial charge in [-0.1, -0.05) is 18.0 Å². The van der Waals surface area contributed by atoms with Crippen LogP contribution in [-0.4, -0.2) is 39.2 Å². The van der Waals surface area contributed by atoms with Gasteiger partial charge in [0.2, 0.25) is 0 Å². The Morgan fingerprint density at radius 3 is 2.71 bits per heavy atom. The molecule has 4 nitrogen and oxygen atoms in total. The van der Waals surface area contributed by atoms with Gasteiger partial charge >= 0.3 is 0 Å². The summed E-state index contributed by atoms with van der Waals surface area (Å²) in [4.78, 5) is 13.6. The van der Waals surface area contributed by atoms with Crippen molar-refractivity contribution in [3.63, 3.8) is 0 Å². The number of hydrogen-bond donors (Lipinski definition) is 1.